The Morgan fingerprint density at radius 1 is 1.35 bits per heavy atom. The first kappa shape index (κ1) is 13.2. The fourth-order valence-electron chi connectivity index (χ4n) is 1.26. The van der Waals surface area contributed by atoms with Gasteiger partial charge >= 0.3 is 0 Å². The third-order valence-electron chi connectivity index (χ3n) is 2.00. The first-order chi connectivity index (χ1) is 7.66. The predicted molar refractivity (Wildman–Crippen MR) is 58.0 cm³/mol. The molecule has 2 rings (SSSR count). The van der Waals surface area contributed by atoms with Gasteiger partial charge in [-0.3, -0.25) is 4.79 Å². The molecule has 0 bridgehead atoms. The fourth-order valence-corrected chi connectivity index (χ4v) is 1.26. The van der Waals surface area contributed by atoms with Crippen LogP contribution in [0.1, 0.15) is 10.4 Å². The van der Waals surface area contributed by atoms with Gasteiger partial charge in [-0.05, 0) is 12.1 Å². The summed E-state index contributed by atoms with van der Waals surface area (Å²) < 4.78 is 27.1. The van der Waals surface area contributed by atoms with Crippen LogP contribution in [-0.4, -0.2) is 20.5 Å². The second-order valence-electron chi connectivity index (χ2n) is 3.14. The largest absolute Gasteiger partial charge is 0.292 e. The molecule has 7 heteroatoms. The monoisotopic (exact) mass is 259 g/mol. The van der Waals surface area contributed by atoms with Gasteiger partial charge in [0.05, 0.1) is 5.56 Å². The summed E-state index contributed by atoms with van der Waals surface area (Å²) in [7, 11) is 0. The molecule has 2 aromatic rings. The van der Waals surface area contributed by atoms with Gasteiger partial charge in [0.15, 0.2) is 5.78 Å². The maximum atomic E-state index is 13.2. The molecule has 1 heterocycles. The summed E-state index contributed by atoms with van der Waals surface area (Å²) in [5, 5.41) is 3.72. The second-order valence-corrected chi connectivity index (χ2v) is 3.14. The predicted octanol–water partition coefficient (Wildman–Crippen LogP) is 1.86. The van der Waals surface area contributed by atoms with Crippen molar-refractivity contribution < 1.29 is 13.6 Å². The van der Waals surface area contributed by atoms with E-state index in [9.17, 15) is 13.6 Å². The number of aromatic nitrogens is 3. The lowest BCUT2D eigenvalue weighted by Crippen LogP contribution is -2.12. The van der Waals surface area contributed by atoms with Crippen LogP contribution in [0.4, 0.5) is 8.78 Å². The maximum absolute atomic E-state index is 13.2. The van der Waals surface area contributed by atoms with E-state index in [-0.39, 0.29) is 24.5 Å². The van der Waals surface area contributed by atoms with E-state index in [0.717, 1.165) is 12.1 Å². The Kier molecular flexibility index (Phi) is 4.28. The molecule has 90 valence electrons. The third kappa shape index (κ3) is 3.07. The molecule has 0 spiro atoms. The van der Waals surface area contributed by atoms with E-state index in [0.29, 0.717) is 6.07 Å². The second kappa shape index (κ2) is 5.49. The lowest BCUT2D eigenvalue weighted by molar-refractivity contribution is 0.0963. The molecule has 1 aromatic heterocycles. The molecule has 17 heavy (non-hydrogen) atoms. The Hall–Kier alpha value is -1.82. The zero-order chi connectivity index (χ0) is 11.5. The van der Waals surface area contributed by atoms with Crippen LogP contribution in [0.25, 0.3) is 0 Å². The van der Waals surface area contributed by atoms with E-state index in [1.165, 1.54) is 17.3 Å². The third-order valence-corrected chi connectivity index (χ3v) is 2.00. The highest BCUT2D eigenvalue weighted by Crippen LogP contribution is 2.10. The number of halogens is 3. The van der Waals surface area contributed by atoms with E-state index in [1.54, 1.807) is 0 Å². The van der Waals surface area contributed by atoms with Crippen molar-refractivity contribution in [2.75, 3.05) is 0 Å². The first-order valence-corrected chi connectivity index (χ1v) is 4.47. The van der Waals surface area contributed by atoms with Crippen LogP contribution in [0.3, 0.4) is 0 Å². The highest BCUT2D eigenvalue weighted by molar-refractivity contribution is 5.96. The number of Topliss-reactive ketones (excluding diaryl/α,β-unsaturated/α-hetero) is 1. The Morgan fingerprint density at radius 2 is 2.12 bits per heavy atom. The minimum Gasteiger partial charge on any atom is -0.292 e. The molecule has 0 saturated heterocycles. The standard InChI is InChI=1S/C10H7F2N3O.ClH/c11-7-1-2-8(9(12)3-7)10(16)4-15-6-13-5-14-15;/h1-3,5-6H,4H2;1H. The zero-order valence-electron chi connectivity index (χ0n) is 8.51. The minimum atomic E-state index is -0.870. The van der Waals surface area contributed by atoms with Crippen LogP contribution < -0.4 is 0 Å². The molecule has 0 aliphatic heterocycles. The van der Waals surface area contributed by atoms with Crippen molar-refractivity contribution >= 4 is 18.2 Å². The van der Waals surface area contributed by atoms with Crippen LogP contribution in [0, 0.1) is 11.6 Å². The molecule has 0 unspecified atom stereocenters. The van der Waals surface area contributed by atoms with E-state index in [2.05, 4.69) is 10.1 Å². The normalized spacial score (nSPS) is 9.76. The van der Waals surface area contributed by atoms with Gasteiger partial charge in [-0.25, -0.2) is 18.4 Å². The van der Waals surface area contributed by atoms with Gasteiger partial charge in [0, 0.05) is 6.07 Å². The van der Waals surface area contributed by atoms with Crippen molar-refractivity contribution in [3.05, 3.63) is 48.1 Å². The lowest BCUT2D eigenvalue weighted by atomic mass is 10.1. The fraction of sp³-hybridized carbons (Fsp3) is 0.100. The topological polar surface area (TPSA) is 47.8 Å². The molecule has 0 aliphatic carbocycles. The van der Waals surface area contributed by atoms with Gasteiger partial charge in [-0.2, -0.15) is 5.10 Å². The van der Waals surface area contributed by atoms with Crippen LogP contribution in [0.2, 0.25) is 0 Å². The molecular formula is C10H8ClF2N3O. The summed E-state index contributed by atoms with van der Waals surface area (Å²) in [6.07, 6.45) is 2.62. The van der Waals surface area contributed by atoms with Gasteiger partial charge in [-0.1, -0.05) is 0 Å². The Balaban J connectivity index is 0.00000144. The Bertz CT molecular complexity index is 516. The summed E-state index contributed by atoms with van der Waals surface area (Å²) in [4.78, 5) is 15.2. The van der Waals surface area contributed by atoms with Gasteiger partial charge in [0.25, 0.3) is 0 Å². The van der Waals surface area contributed by atoms with E-state index in [1.807, 2.05) is 0 Å². The molecule has 0 saturated carbocycles. The van der Waals surface area contributed by atoms with Crippen LogP contribution in [0.15, 0.2) is 30.9 Å². The number of hydrogen-bond acceptors (Lipinski definition) is 3. The smallest absolute Gasteiger partial charge is 0.187 e. The molecule has 0 fully saturated rings. The number of benzene rings is 1. The number of nitrogens with zero attached hydrogens (tertiary/aromatic N) is 3. The molecular weight excluding hydrogens is 252 g/mol. The van der Waals surface area contributed by atoms with Gasteiger partial charge in [0.2, 0.25) is 0 Å². The van der Waals surface area contributed by atoms with Gasteiger partial charge in [0.1, 0.15) is 30.8 Å². The van der Waals surface area contributed by atoms with Crippen molar-refractivity contribution in [1.82, 2.24) is 14.8 Å². The summed E-state index contributed by atoms with van der Waals surface area (Å²) in [5.74, 6) is -2.07. The number of carbonyl (C=O) groups excluding carboxylic acids is 1. The van der Waals surface area contributed by atoms with Crippen LogP contribution in [-0.2, 0) is 6.54 Å². The van der Waals surface area contributed by atoms with Crippen molar-refractivity contribution in [2.45, 2.75) is 6.54 Å². The van der Waals surface area contributed by atoms with Gasteiger partial charge in [-0.15, -0.1) is 12.4 Å². The average molecular weight is 260 g/mol. The summed E-state index contributed by atoms with van der Waals surface area (Å²) >= 11 is 0. The molecule has 0 atom stereocenters. The molecule has 4 nitrogen and oxygen atoms in total. The quantitative estimate of drug-likeness (QED) is 0.791. The minimum absolute atomic E-state index is 0. The van der Waals surface area contributed by atoms with Gasteiger partial charge < -0.3 is 0 Å². The van der Waals surface area contributed by atoms with E-state index in [4.69, 9.17) is 0 Å². The Morgan fingerprint density at radius 3 is 2.71 bits per heavy atom. The lowest BCUT2D eigenvalue weighted by Gasteiger charge is -2.02. The number of rotatable bonds is 3. The molecule has 0 N–H and O–H groups in total. The molecule has 1 aromatic carbocycles. The number of hydrogen-bond donors (Lipinski definition) is 0. The molecule has 0 radical (unpaired) electrons. The average Bonchev–Trinajstić information content (AvgIpc) is 2.70. The Labute approximate surface area is 102 Å². The number of carbonyl (C=O) groups is 1. The summed E-state index contributed by atoms with van der Waals surface area (Å²) in [6.45, 7) is -0.122. The van der Waals surface area contributed by atoms with Crippen molar-refractivity contribution in [3.63, 3.8) is 0 Å². The number of ketones is 1. The SMILES string of the molecule is Cl.O=C(Cn1cncn1)c1ccc(F)cc1F. The van der Waals surface area contributed by atoms with Crippen LogP contribution in [0.5, 0.6) is 0 Å². The van der Waals surface area contributed by atoms with Crippen LogP contribution >= 0.6 is 12.4 Å². The van der Waals surface area contributed by atoms with Crippen molar-refractivity contribution in [3.8, 4) is 0 Å². The van der Waals surface area contributed by atoms with Crippen molar-refractivity contribution in [2.24, 2.45) is 0 Å². The highest BCUT2D eigenvalue weighted by atomic mass is 35.5. The van der Waals surface area contributed by atoms with E-state index >= 15 is 0 Å². The highest BCUT2D eigenvalue weighted by Gasteiger charge is 2.13. The zero-order valence-corrected chi connectivity index (χ0v) is 9.32. The first-order valence-electron chi connectivity index (χ1n) is 4.47. The van der Waals surface area contributed by atoms with E-state index < -0.39 is 17.4 Å². The molecule has 0 amide bonds. The molecule has 0 aliphatic rings. The summed E-state index contributed by atoms with van der Waals surface area (Å²) in [5.41, 5.74) is -0.156. The van der Waals surface area contributed by atoms with Crippen molar-refractivity contribution in [1.29, 1.82) is 0 Å². The summed E-state index contributed by atoms with van der Waals surface area (Å²) in [6, 6.07) is 2.83. The maximum Gasteiger partial charge on any atom is 0.187 e.